The molecule has 2 heterocycles. The van der Waals surface area contributed by atoms with Gasteiger partial charge in [0.25, 0.3) is 5.56 Å². The molecule has 0 fully saturated rings. The lowest BCUT2D eigenvalue weighted by Gasteiger charge is -2.22. The maximum absolute atomic E-state index is 12.4. The molecule has 7 nitrogen and oxygen atoms in total. The minimum absolute atomic E-state index is 0.0233. The number of rotatable bonds is 5. The Balaban J connectivity index is 1.61. The molecule has 0 amide bonds. The van der Waals surface area contributed by atoms with E-state index in [-0.39, 0.29) is 11.6 Å². The summed E-state index contributed by atoms with van der Waals surface area (Å²) in [6, 6.07) is 14.6. The zero-order valence-corrected chi connectivity index (χ0v) is 16.4. The van der Waals surface area contributed by atoms with Crippen LogP contribution in [-0.4, -0.2) is 35.0 Å². The van der Waals surface area contributed by atoms with Crippen LogP contribution >= 0.6 is 0 Å². The molecule has 1 atom stereocenters. The first-order valence-electron chi connectivity index (χ1n) is 9.26. The van der Waals surface area contributed by atoms with Crippen LogP contribution in [0.1, 0.15) is 34.9 Å². The molecule has 7 heteroatoms. The Bertz CT molecular complexity index is 1220. The fourth-order valence-electron chi connectivity index (χ4n) is 3.31. The average Bonchev–Trinajstić information content (AvgIpc) is 3.16. The number of nitrogens with zero attached hydrogens (tertiary/aromatic N) is 2. The third-order valence-electron chi connectivity index (χ3n) is 5.09. The van der Waals surface area contributed by atoms with Gasteiger partial charge in [-0.1, -0.05) is 18.2 Å². The van der Waals surface area contributed by atoms with Crippen LogP contribution in [0, 0.1) is 0 Å². The van der Waals surface area contributed by atoms with Crippen molar-refractivity contribution in [3.05, 3.63) is 76.0 Å². The van der Waals surface area contributed by atoms with Gasteiger partial charge in [-0.15, -0.1) is 0 Å². The average molecular weight is 391 g/mol. The summed E-state index contributed by atoms with van der Waals surface area (Å²) in [5.74, 6) is 0.881. The normalized spacial score (nSPS) is 12.6. The lowest BCUT2D eigenvalue weighted by Crippen LogP contribution is -2.24. The van der Waals surface area contributed by atoms with E-state index in [9.17, 15) is 9.59 Å². The summed E-state index contributed by atoms with van der Waals surface area (Å²) in [6.45, 7) is 2.44. The van der Waals surface area contributed by atoms with Gasteiger partial charge in [-0.25, -0.2) is 9.78 Å². The first-order valence-corrected chi connectivity index (χ1v) is 9.26. The number of fused-ring (bicyclic) bond motifs is 2. The van der Waals surface area contributed by atoms with Crippen molar-refractivity contribution in [2.24, 2.45) is 0 Å². The third-order valence-corrected chi connectivity index (χ3v) is 5.09. The number of aromatic nitrogens is 2. The van der Waals surface area contributed by atoms with Crippen molar-refractivity contribution in [3.8, 4) is 0 Å². The maximum atomic E-state index is 12.4. The molecule has 2 aromatic carbocycles. The predicted octanol–water partition coefficient (Wildman–Crippen LogP) is 3.65. The number of nitrogens with one attached hydrogen (secondary N) is 1. The third kappa shape index (κ3) is 3.64. The number of hydrogen-bond acceptors (Lipinski definition) is 6. The quantitative estimate of drug-likeness (QED) is 0.523. The highest BCUT2D eigenvalue weighted by molar-refractivity contribution is 5.93. The SMILES string of the molecule is COC(=O)c1ccc2c(=O)[nH]c(CN(C)C(C)c3cc4ccccc4o3)nc2c1. The van der Waals surface area contributed by atoms with E-state index in [1.807, 2.05) is 49.2 Å². The molecule has 0 aliphatic heterocycles. The molecule has 0 aliphatic rings. The van der Waals surface area contributed by atoms with E-state index < -0.39 is 5.97 Å². The Labute approximate surface area is 166 Å². The molecule has 1 N–H and O–H groups in total. The van der Waals surface area contributed by atoms with Crippen LogP contribution in [0.2, 0.25) is 0 Å². The summed E-state index contributed by atoms with van der Waals surface area (Å²) in [6.07, 6.45) is 0. The first kappa shape index (κ1) is 18.9. The molecule has 4 rings (SSSR count). The van der Waals surface area contributed by atoms with Crippen molar-refractivity contribution in [2.45, 2.75) is 19.5 Å². The summed E-state index contributed by atoms with van der Waals surface area (Å²) in [5, 5.41) is 1.48. The number of aromatic amines is 1. The highest BCUT2D eigenvalue weighted by Crippen LogP contribution is 2.27. The largest absolute Gasteiger partial charge is 0.465 e. The van der Waals surface area contributed by atoms with E-state index >= 15 is 0 Å². The number of furan rings is 1. The molecule has 0 bridgehead atoms. The molecule has 2 aromatic heterocycles. The zero-order chi connectivity index (χ0) is 20.5. The Kier molecular flexibility index (Phi) is 4.90. The number of methoxy groups -OCH3 is 1. The van der Waals surface area contributed by atoms with E-state index in [0.29, 0.717) is 28.8 Å². The van der Waals surface area contributed by atoms with Gasteiger partial charge in [-0.3, -0.25) is 9.69 Å². The Hall–Kier alpha value is -3.45. The number of H-pyrrole nitrogens is 1. The number of ether oxygens (including phenoxy) is 1. The van der Waals surface area contributed by atoms with Gasteiger partial charge in [0.15, 0.2) is 0 Å². The summed E-state index contributed by atoms with van der Waals surface area (Å²) in [7, 11) is 3.25. The fourth-order valence-corrected chi connectivity index (χ4v) is 3.31. The predicted molar refractivity (Wildman–Crippen MR) is 110 cm³/mol. The Morgan fingerprint density at radius 3 is 2.79 bits per heavy atom. The first-order chi connectivity index (χ1) is 14.0. The lowest BCUT2D eigenvalue weighted by atomic mass is 10.1. The van der Waals surface area contributed by atoms with Gasteiger partial charge < -0.3 is 14.1 Å². The van der Waals surface area contributed by atoms with Crippen molar-refractivity contribution in [1.29, 1.82) is 0 Å². The van der Waals surface area contributed by atoms with Crippen LogP contribution in [0.5, 0.6) is 0 Å². The van der Waals surface area contributed by atoms with Gasteiger partial charge in [0.1, 0.15) is 17.2 Å². The lowest BCUT2D eigenvalue weighted by molar-refractivity contribution is 0.0601. The number of para-hydroxylation sites is 1. The second kappa shape index (κ2) is 7.52. The molecular formula is C22H21N3O4. The number of hydrogen-bond donors (Lipinski definition) is 1. The molecule has 4 aromatic rings. The van der Waals surface area contributed by atoms with E-state index in [0.717, 1.165) is 16.7 Å². The van der Waals surface area contributed by atoms with Crippen LogP contribution in [0.4, 0.5) is 0 Å². The van der Waals surface area contributed by atoms with Gasteiger partial charge in [0.2, 0.25) is 0 Å². The van der Waals surface area contributed by atoms with Gasteiger partial charge >= 0.3 is 5.97 Å². The van der Waals surface area contributed by atoms with Crippen molar-refractivity contribution in [1.82, 2.24) is 14.9 Å². The van der Waals surface area contributed by atoms with E-state index in [2.05, 4.69) is 9.97 Å². The molecule has 0 aliphatic carbocycles. The number of esters is 1. The molecular weight excluding hydrogens is 370 g/mol. The molecule has 148 valence electrons. The number of carbonyl (C=O) groups is 1. The molecule has 0 saturated heterocycles. The number of benzene rings is 2. The van der Waals surface area contributed by atoms with E-state index in [1.54, 1.807) is 18.2 Å². The van der Waals surface area contributed by atoms with Crippen molar-refractivity contribution >= 4 is 27.8 Å². The Morgan fingerprint density at radius 1 is 1.24 bits per heavy atom. The van der Waals surface area contributed by atoms with Gasteiger partial charge in [0.05, 0.1) is 36.2 Å². The second-order valence-corrected chi connectivity index (χ2v) is 7.01. The highest BCUT2D eigenvalue weighted by Gasteiger charge is 2.18. The highest BCUT2D eigenvalue weighted by atomic mass is 16.5. The summed E-state index contributed by atoms with van der Waals surface area (Å²) < 4.78 is 10.7. The van der Waals surface area contributed by atoms with E-state index in [1.165, 1.54) is 7.11 Å². The molecule has 0 spiro atoms. The zero-order valence-electron chi connectivity index (χ0n) is 16.4. The minimum Gasteiger partial charge on any atom is -0.465 e. The van der Waals surface area contributed by atoms with Gasteiger partial charge in [-0.05, 0) is 44.3 Å². The van der Waals surface area contributed by atoms with Crippen molar-refractivity contribution < 1.29 is 13.9 Å². The smallest absolute Gasteiger partial charge is 0.337 e. The summed E-state index contributed by atoms with van der Waals surface area (Å²) >= 11 is 0. The maximum Gasteiger partial charge on any atom is 0.337 e. The molecule has 29 heavy (non-hydrogen) atoms. The molecule has 1 unspecified atom stereocenters. The topological polar surface area (TPSA) is 88.4 Å². The van der Waals surface area contributed by atoms with Crippen LogP contribution in [0.3, 0.4) is 0 Å². The standard InChI is InChI=1S/C22H21N3O4/c1-13(19-11-14-6-4-5-7-18(14)29-19)25(2)12-20-23-17-10-15(22(27)28-3)8-9-16(17)21(26)24-20/h4-11,13H,12H2,1-3H3,(H,23,24,26). The van der Waals surface area contributed by atoms with Crippen LogP contribution in [-0.2, 0) is 11.3 Å². The fraction of sp³-hybridized carbons (Fsp3) is 0.227. The summed E-state index contributed by atoms with van der Waals surface area (Å²) in [5.41, 5.74) is 1.41. The van der Waals surface area contributed by atoms with Gasteiger partial charge in [0, 0.05) is 5.39 Å². The van der Waals surface area contributed by atoms with Crippen LogP contribution < -0.4 is 5.56 Å². The number of carbonyl (C=O) groups excluding carboxylic acids is 1. The summed E-state index contributed by atoms with van der Waals surface area (Å²) in [4.78, 5) is 33.6. The van der Waals surface area contributed by atoms with Crippen LogP contribution in [0.15, 0.2) is 57.7 Å². The monoisotopic (exact) mass is 391 g/mol. The van der Waals surface area contributed by atoms with Gasteiger partial charge in [-0.2, -0.15) is 0 Å². The minimum atomic E-state index is -0.467. The van der Waals surface area contributed by atoms with E-state index in [4.69, 9.17) is 9.15 Å². The van der Waals surface area contributed by atoms with Crippen molar-refractivity contribution in [3.63, 3.8) is 0 Å². The second-order valence-electron chi connectivity index (χ2n) is 7.01. The van der Waals surface area contributed by atoms with Crippen LogP contribution in [0.25, 0.3) is 21.9 Å². The Morgan fingerprint density at radius 2 is 2.03 bits per heavy atom. The molecule has 0 saturated carbocycles. The molecule has 0 radical (unpaired) electrons. The van der Waals surface area contributed by atoms with Crippen molar-refractivity contribution in [2.75, 3.05) is 14.2 Å².